The van der Waals surface area contributed by atoms with Gasteiger partial charge in [0, 0.05) is 23.2 Å². The largest absolute Gasteiger partial charge is 0.416 e. The van der Waals surface area contributed by atoms with E-state index in [4.69, 9.17) is 10.7 Å². The van der Waals surface area contributed by atoms with E-state index in [9.17, 15) is 4.79 Å². The molecule has 0 bridgehead atoms. The Bertz CT molecular complexity index is 1070. The molecule has 1 fully saturated rings. The van der Waals surface area contributed by atoms with E-state index in [0.29, 0.717) is 11.7 Å². The average molecular weight is 364 g/mol. The van der Waals surface area contributed by atoms with Crippen LogP contribution in [0.2, 0.25) is 0 Å². The molecule has 6 nitrogen and oxygen atoms in total. The van der Waals surface area contributed by atoms with Crippen LogP contribution in [-0.2, 0) is 4.84 Å². The lowest BCUT2D eigenvalue weighted by molar-refractivity contribution is 0.224. The van der Waals surface area contributed by atoms with E-state index in [1.807, 2.05) is 25.3 Å². The number of hydrogen-bond acceptors (Lipinski definition) is 4. The predicted octanol–water partition coefficient (Wildman–Crippen LogP) is 4.22. The molecular formula is C21H24N4O2. The van der Waals surface area contributed by atoms with Gasteiger partial charge in [-0.15, -0.1) is 0 Å². The number of nitrogens with zero attached hydrogens (tertiary/aromatic N) is 1. The van der Waals surface area contributed by atoms with Crippen molar-refractivity contribution in [2.75, 3.05) is 0 Å². The molecule has 27 heavy (non-hydrogen) atoms. The summed E-state index contributed by atoms with van der Waals surface area (Å²) in [4.78, 5) is 27.5. The molecule has 0 amide bonds. The first-order valence-electron chi connectivity index (χ1n) is 9.40. The molecule has 140 valence electrons. The Morgan fingerprint density at radius 1 is 1.30 bits per heavy atom. The highest BCUT2D eigenvalue weighted by Crippen LogP contribution is 2.41. The summed E-state index contributed by atoms with van der Waals surface area (Å²) < 4.78 is 0. The van der Waals surface area contributed by atoms with Crippen LogP contribution in [0.5, 0.6) is 0 Å². The molecule has 6 heteroatoms. The van der Waals surface area contributed by atoms with Crippen molar-refractivity contribution in [2.45, 2.75) is 45.4 Å². The van der Waals surface area contributed by atoms with Crippen LogP contribution in [0.25, 0.3) is 27.7 Å². The van der Waals surface area contributed by atoms with Gasteiger partial charge in [0.1, 0.15) is 5.76 Å². The van der Waals surface area contributed by atoms with Gasteiger partial charge in [-0.05, 0) is 55.5 Å². The van der Waals surface area contributed by atoms with Gasteiger partial charge in [-0.25, -0.2) is 4.79 Å². The number of fused-ring (bicyclic) bond motifs is 1. The van der Waals surface area contributed by atoms with Crippen LogP contribution in [0.1, 0.15) is 56.7 Å². The highest BCUT2D eigenvalue weighted by Gasteiger charge is 2.25. The Morgan fingerprint density at radius 3 is 2.78 bits per heavy atom. The van der Waals surface area contributed by atoms with E-state index in [1.54, 1.807) is 0 Å². The van der Waals surface area contributed by atoms with Crippen molar-refractivity contribution in [2.24, 2.45) is 5.90 Å². The van der Waals surface area contributed by atoms with Crippen LogP contribution in [-0.4, -0.2) is 15.0 Å². The second-order valence-electron chi connectivity index (χ2n) is 7.10. The molecule has 0 atom stereocenters. The van der Waals surface area contributed by atoms with Crippen molar-refractivity contribution >= 4 is 16.6 Å². The first-order valence-corrected chi connectivity index (χ1v) is 9.40. The number of nitrogens with one attached hydrogen (secondary N) is 2. The highest BCUT2D eigenvalue weighted by atomic mass is 16.6. The maximum atomic E-state index is 12.0. The molecule has 0 saturated heterocycles. The normalized spacial score (nSPS) is 15.5. The lowest BCUT2D eigenvalue weighted by atomic mass is 9.79. The van der Waals surface area contributed by atoms with E-state index >= 15 is 0 Å². The van der Waals surface area contributed by atoms with Crippen molar-refractivity contribution in [1.82, 2.24) is 15.0 Å². The van der Waals surface area contributed by atoms with Crippen molar-refractivity contribution in [3.05, 3.63) is 58.0 Å². The monoisotopic (exact) mass is 364 g/mol. The Kier molecular flexibility index (Phi) is 4.58. The molecule has 1 aliphatic rings. The summed E-state index contributed by atoms with van der Waals surface area (Å²) in [6.45, 7) is 3.91. The topological polar surface area (TPSA) is 96.8 Å². The van der Waals surface area contributed by atoms with Crippen LogP contribution < -0.4 is 11.6 Å². The first-order chi connectivity index (χ1) is 13.1. The van der Waals surface area contributed by atoms with E-state index in [-0.39, 0.29) is 5.69 Å². The van der Waals surface area contributed by atoms with Crippen LogP contribution in [0, 0.1) is 0 Å². The second kappa shape index (κ2) is 7.04. The van der Waals surface area contributed by atoms with Gasteiger partial charge in [0.05, 0.1) is 16.7 Å². The number of pyridine rings is 1. The Labute approximate surface area is 157 Å². The van der Waals surface area contributed by atoms with Crippen molar-refractivity contribution in [3.8, 4) is 11.1 Å². The highest BCUT2D eigenvalue weighted by molar-refractivity contribution is 5.95. The van der Waals surface area contributed by atoms with E-state index in [0.717, 1.165) is 58.3 Å². The Hall–Kier alpha value is -2.86. The summed E-state index contributed by atoms with van der Waals surface area (Å²) in [7, 11) is 0. The van der Waals surface area contributed by atoms with Crippen molar-refractivity contribution < 1.29 is 4.84 Å². The maximum Gasteiger partial charge on any atom is 0.323 e. The van der Waals surface area contributed by atoms with Gasteiger partial charge >= 0.3 is 5.69 Å². The Morgan fingerprint density at radius 2 is 2.11 bits per heavy atom. The minimum absolute atomic E-state index is 0.216. The SMILES string of the molecule is CC/C(=C(/C)ON)c1cc(-c2cccnc2C2CCC2)c2[nH]c(=O)[nH]c2c1. The van der Waals surface area contributed by atoms with Gasteiger partial charge < -0.3 is 14.8 Å². The van der Waals surface area contributed by atoms with Crippen molar-refractivity contribution in [1.29, 1.82) is 0 Å². The van der Waals surface area contributed by atoms with Gasteiger partial charge in [0.15, 0.2) is 0 Å². The van der Waals surface area contributed by atoms with Crippen LogP contribution in [0.4, 0.5) is 0 Å². The molecule has 0 aliphatic heterocycles. The summed E-state index contributed by atoms with van der Waals surface area (Å²) in [6.07, 6.45) is 6.19. The van der Waals surface area contributed by atoms with Crippen LogP contribution >= 0.6 is 0 Å². The molecule has 4 N–H and O–H groups in total. The quantitative estimate of drug-likeness (QED) is 0.466. The molecule has 0 radical (unpaired) electrons. The van der Waals surface area contributed by atoms with E-state index in [1.165, 1.54) is 6.42 Å². The third kappa shape index (κ3) is 3.06. The maximum absolute atomic E-state index is 12.0. The summed E-state index contributed by atoms with van der Waals surface area (Å²) in [5.41, 5.74) is 6.52. The second-order valence-corrected chi connectivity index (χ2v) is 7.10. The number of imidazole rings is 1. The number of nitrogens with two attached hydrogens (primary N) is 1. The minimum Gasteiger partial charge on any atom is -0.416 e. The molecule has 3 aromatic rings. The standard InChI is InChI=1S/C21H24N4O2/c1-3-15(12(2)27-22)14-10-17(20-18(11-14)24-21(26)25-20)16-8-5-9-23-19(16)13-6-4-7-13/h5,8-11,13H,3-4,6-7,22H2,1-2H3,(H2,24,25,26)/b15-12+. The molecule has 0 unspecified atom stereocenters. The summed E-state index contributed by atoms with van der Waals surface area (Å²) in [6, 6.07) is 8.11. The van der Waals surface area contributed by atoms with E-state index in [2.05, 4.69) is 34.0 Å². The number of H-pyrrole nitrogens is 2. The third-order valence-corrected chi connectivity index (χ3v) is 5.55. The number of benzene rings is 1. The summed E-state index contributed by atoms with van der Waals surface area (Å²) in [5.74, 6) is 6.57. The first kappa shape index (κ1) is 17.5. The van der Waals surface area contributed by atoms with Gasteiger partial charge in [-0.2, -0.15) is 5.90 Å². The molecular weight excluding hydrogens is 340 g/mol. The van der Waals surface area contributed by atoms with Gasteiger partial charge in [0.25, 0.3) is 0 Å². The smallest absolute Gasteiger partial charge is 0.323 e. The van der Waals surface area contributed by atoms with Crippen molar-refractivity contribution in [3.63, 3.8) is 0 Å². The van der Waals surface area contributed by atoms with Gasteiger partial charge in [-0.3, -0.25) is 4.98 Å². The molecule has 0 spiro atoms. The number of aromatic amines is 2. The fourth-order valence-electron chi connectivity index (χ4n) is 3.91. The number of hydrogen-bond donors (Lipinski definition) is 3. The molecule has 4 rings (SSSR count). The molecule has 1 saturated carbocycles. The average Bonchev–Trinajstić information content (AvgIpc) is 3.01. The zero-order chi connectivity index (χ0) is 19.0. The third-order valence-electron chi connectivity index (χ3n) is 5.55. The summed E-state index contributed by atoms with van der Waals surface area (Å²) >= 11 is 0. The lowest BCUT2D eigenvalue weighted by Crippen LogP contribution is -2.12. The fraction of sp³-hybridized carbons (Fsp3) is 0.333. The molecule has 1 aliphatic carbocycles. The molecule has 2 heterocycles. The van der Waals surface area contributed by atoms with E-state index < -0.39 is 0 Å². The number of rotatable bonds is 5. The fourth-order valence-corrected chi connectivity index (χ4v) is 3.91. The number of allylic oxidation sites excluding steroid dienone is 2. The van der Waals surface area contributed by atoms with Gasteiger partial charge in [0.2, 0.25) is 0 Å². The zero-order valence-electron chi connectivity index (χ0n) is 15.6. The Balaban J connectivity index is 1.99. The van der Waals surface area contributed by atoms with Gasteiger partial charge in [-0.1, -0.05) is 19.4 Å². The summed E-state index contributed by atoms with van der Waals surface area (Å²) in [5, 5.41) is 0. The molecule has 1 aromatic carbocycles. The lowest BCUT2D eigenvalue weighted by Gasteiger charge is -2.27. The minimum atomic E-state index is -0.216. The predicted molar refractivity (Wildman–Crippen MR) is 107 cm³/mol. The number of aromatic nitrogens is 3. The zero-order valence-corrected chi connectivity index (χ0v) is 15.6. The van der Waals surface area contributed by atoms with Crippen LogP contribution in [0.15, 0.2) is 41.0 Å². The van der Waals surface area contributed by atoms with Crippen LogP contribution in [0.3, 0.4) is 0 Å². The molecule has 2 aromatic heterocycles.